The van der Waals surface area contributed by atoms with Gasteiger partial charge in [0.05, 0.1) is 0 Å². The van der Waals surface area contributed by atoms with E-state index >= 15 is 0 Å². The van der Waals surface area contributed by atoms with Crippen LogP contribution >= 0.6 is 0 Å². The van der Waals surface area contributed by atoms with Gasteiger partial charge in [0.15, 0.2) is 0 Å². The summed E-state index contributed by atoms with van der Waals surface area (Å²) in [5.41, 5.74) is 0. The van der Waals surface area contributed by atoms with Gasteiger partial charge in [-0.3, -0.25) is 0 Å². The molecule has 0 unspecified atom stereocenters. The Morgan fingerprint density at radius 3 is 1.44 bits per heavy atom. The second kappa shape index (κ2) is 34.2. The Morgan fingerprint density at radius 1 is 1.11 bits per heavy atom. The van der Waals surface area contributed by atoms with Crippen molar-refractivity contribution in [2.75, 3.05) is 6.61 Å². The van der Waals surface area contributed by atoms with Crippen molar-refractivity contribution in [3.05, 3.63) is 0 Å². The molecule has 1 N–H and O–H groups in total. The van der Waals surface area contributed by atoms with Gasteiger partial charge in [0.1, 0.15) is 0 Å². The summed E-state index contributed by atoms with van der Waals surface area (Å²) in [5.74, 6) is 0. The Labute approximate surface area is 87.1 Å². The van der Waals surface area contributed by atoms with Crippen LogP contribution in [0.25, 0.3) is 0 Å². The molecule has 61 valence electrons. The maximum absolute atomic E-state index is 8.07. The Balaban J connectivity index is -0.0000000133. The summed E-state index contributed by atoms with van der Waals surface area (Å²) < 4.78 is 0. The van der Waals surface area contributed by atoms with Crippen molar-refractivity contribution in [3.63, 3.8) is 0 Å². The molecule has 0 aromatic rings. The fraction of sp³-hybridized carbons (Fsp3) is 1.00. The van der Waals surface area contributed by atoms with Crippen LogP contribution in [0.1, 0.15) is 19.8 Å². The third-order valence-electron chi connectivity index (χ3n) is 0.512. The van der Waals surface area contributed by atoms with E-state index in [9.17, 15) is 0 Å². The normalized spacial score (nSPS) is 4.67. The van der Waals surface area contributed by atoms with Gasteiger partial charge >= 0.3 is 0 Å². The van der Waals surface area contributed by atoms with Crippen LogP contribution in [0.15, 0.2) is 0 Å². The smallest absolute Gasteiger partial charge is 0.0430 e. The third-order valence-corrected chi connectivity index (χ3v) is 0.512. The van der Waals surface area contributed by atoms with Crippen molar-refractivity contribution in [1.29, 1.82) is 0 Å². The molecule has 1 radical (unpaired) electrons. The fourth-order valence-electron chi connectivity index (χ4n) is 0.158. The molecule has 0 heterocycles. The molecule has 0 aliphatic rings. The molecule has 0 fully saturated rings. The Morgan fingerprint density at radius 2 is 1.44 bits per heavy atom. The van der Waals surface area contributed by atoms with Gasteiger partial charge < -0.3 is 42.3 Å². The molecule has 5 heteroatoms. The molecule has 0 spiro atoms. The summed E-state index contributed by atoms with van der Waals surface area (Å²) >= 11 is 0. The van der Waals surface area contributed by atoms with Gasteiger partial charge in [0.25, 0.3) is 0 Å². The molecule has 0 atom stereocenters. The van der Waals surface area contributed by atoms with Crippen molar-refractivity contribution in [2.45, 2.75) is 19.8 Å². The molecule has 0 aliphatic carbocycles. The van der Waals surface area contributed by atoms with Crippen LogP contribution in [0.4, 0.5) is 0 Å². The molecule has 0 aromatic carbocycles. The quantitative estimate of drug-likeness (QED) is 0.501. The zero-order valence-corrected chi connectivity index (χ0v) is 8.81. The maximum Gasteiger partial charge on any atom is 0.0430 e. The van der Waals surface area contributed by atoms with Gasteiger partial charge in [-0.15, -0.1) is 0 Å². The molecule has 0 aromatic heterocycles. The van der Waals surface area contributed by atoms with E-state index in [1.165, 1.54) is 0 Å². The summed E-state index contributed by atoms with van der Waals surface area (Å²) in [5, 5.41) is 8.07. The topological polar surface area (TPSA) is 20.2 Å². The third kappa shape index (κ3) is 44.4. The van der Waals surface area contributed by atoms with Crippen molar-refractivity contribution in [2.24, 2.45) is 0 Å². The van der Waals surface area contributed by atoms with Crippen LogP contribution in [0.2, 0.25) is 0 Å². The minimum Gasteiger partial charge on any atom is -1.00 e. The van der Waals surface area contributed by atoms with Crippen LogP contribution in [0, 0.1) is 0 Å². The van der Waals surface area contributed by atoms with E-state index in [2.05, 4.69) is 6.92 Å². The summed E-state index contributed by atoms with van der Waals surface area (Å²) in [6.45, 7) is 2.40. The molecule has 0 amide bonds. The molecule has 9 heavy (non-hydrogen) atoms. The largest absolute Gasteiger partial charge is 1.00 e. The first kappa shape index (κ1) is 31.5. The first-order valence-electron chi connectivity index (χ1n) is 2.02. The van der Waals surface area contributed by atoms with Gasteiger partial charge in [0, 0.05) is 25.2 Å². The number of aliphatic hydroxyl groups is 1. The second-order valence-corrected chi connectivity index (χ2v) is 1.08. The standard InChI is InChI=1S/C4H10O.3ClH.V/c1-2-3-4-5;;;;/h5H,2-4H2,1H3;3*1H;/p-3. The summed E-state index contributed by atoms with van der Waals surface area (Å²) in [6.07, 6.45) is 2.04. The maximum atomic E-state index is 8.07. The van der Waals surface area contributed by atoms with Gasteiger partial charge in [-0.05, 0) is 6.42 Å². The Hall–Kier alpha value is 1.41. The molecule has 0 saturated heterocycles. The summed E-state index contributed by atoms with van der Waals surface area (Å²) in [7, 11) is 0. The monoisotopic (exact) mass is 230 g/mol. The summed E-state index contributed by atoms with van der Waals surface area (Å²) in [4.78, 5) is 0. The van der Waals surface area contributed by atoms with Gasteiger partial charge in [-0.25, -0.2) is 0 Å². The van der Waals surface area contributed by atoms with Crippen molar-refractivity contribution in [3.8, 4) is 0 Å². The zero-order chi connectivity index (χ0) is 4.12. The first-order chi connectivity index (χ1) is 2.41. The predicted molar refractivity (Wildman–Crippen MR) is 22.0 cm³/mol. The van der Waals surface area contributed by atoms with E-state index in [4.69, 9.17) is 5.11 Å². The first-order valence-corrected chi connectivity index (χ1v) is 2.02. The summed E-state index contributed by atoms with van der Waals surface area (Å²) in [6, 6.07) is 0. The van der Waals surface area contributed by atoms with E-state index in [0.717, 1.165) is 12.8 Å². The van der Waals surface area contributed by atoms with E-state index in [-0.39, 0.29) is 55.8 Å². The SMILES string of the molecule is CCCCO.[Cl-].[Cl-].[Cl-].[V]. The fourth-order valence-corrected chi connectivity index (χ4v) is 0.158. The van der Waals surface area contributed by atoms with Crippen molar-refractivity contribution in [1.82, 2.24) is 0 Å². The number of aliphatic hydroxyl groups excluding tert-OH is 1. The van der Waals surface area contributed by atoms with Crippen LogP contribution in [0.5, 0.6) is 0 Å². The van der Waals surface area contributed by atoms with E-state index in [1.54, 1.807) is 0 Å². The number of hydrogen-bond acceptors (Lipinski definition) is 1. The van der Waals surface area contributed by atoms with E-state index in [1.807, 2.05) is 0 Å². The van der Waals surface area contributed by atoms with Crippen LogP contribution in [-0.4, -0.2) is 11.7 Å². The second-order valence-electron chi connectivity index (χ2n) is 1.08. The molecule has 0 saturated carbocycles. The van der Waals surface area contributed by atoms with Crippen LogP contribution < -0.4 is 37.2 Å². The Bertz CT molecular complexity index is 23.3. The number of rotatable bonds is 2. The van der Waals surface area contributed by atoms with E-state index in [0.29, 0.717) is 6.61 Å². The van der Waals surface area contributed by atoms with Gasteiger partial charge in [-0.1, -0.05) is 13.3 Å². The number of unbranched alkanes of at least 4 members (excludes halogenated alkanes) is 1. The minimum absolute atomic E-state index is 0. The average molecular weight is 231 g/mol. The number of halogens is 3. The zero-order valence-electron chi connectivity index (χ0n) is 5.15. The van der Waals surface area contributed by atoms with Gasteiger partial charge in [-0.2, -0.15) is 0 Å². The van der Waals surface area contributed by atoms with Crippen LogP contribution in [0.3, 0.4) is 0 Å². The molecule has 0 rings (SSSR count). The van der Waals surface area contributed by atoms with E-state index < -0.39 is 0 Å². The van der Waals surface area contributed by atoms with Crippen LogP contribution in [-0.2, 0) is 18.6 Å². The molecular formula is C4H10Cl3OV-3. The molecule has 0 aliphatic heterocycles. The van der Waals surface area contributed by atoms with Crippen molar-refractivity contribution < 1.29 is 60.9 Å². The minimum atomic E-state index is 0. The molecule has 1 nitrogen and oxygen atoms in total. The predicted octanol–water partition coefficient (Wildman–Crippen LogP) is -8.21. The Kier molecular flexibility index (Phi) is 120. The molecular weight excluding hydrogens is 221 g/mol. The average Bonchev–Trinajstić information content (AvgIpc) is 1.41. The number of hydrogen-bond donors (Lipinski definition) is 1. The van der Waals surface area contributed by atoms with Crippen molar-refractivity contribution >= 4 is 0 Å². The molecule has 0 bridgehead atoms. The van der Waals surface area contributed by atoms with Gasteiger partial charge in [0.2, 0.25) is 0 Å².